The summed E-state index contributed by atoms with van der Waals surface area (Å²) in [7, 11) is 2.32. The predicted molar refractivity (Wildman–Crippen MR) is 51.3 cm³/mol. The van der Waals surface area contributed by atoms with Crippen molar-refractivity contribution in [2.24, 2.45) is 0 Å². The van der Waals surface area contributed by atoms with Crippen LogP contribution in [0.4, 0.5) is 0 Å². The summed E-state index contributed by atoms with van der Waals surface area (Å²) in [6, 6.07) is 1.80. The van der Waals surface area contributed by atoms with Crippen LogP contribution < -0.4 is 5.32 Å². The first kappa shape index (κ1) is 8.52. The fourth-order valence-electron chi connectivity index (χ4n) is 2.31. The molecule has 0 aromatic heterocycles. The lowest BCUT2D eigenvalue weighted by atomic mass is 9.89. The smallest absolute Gasteiger partial charge is 0.0119 e. The maximum atomic E-state index is 3.42. The summed E-state index contributed by atoms with van der Waals surface area (Å²) in [5, 5.41) is 3.42. The minimum Gasteiger partial charge on any atom is -0.317 e. The second-order valence-corrected chi connectivity index (χ2v) is 4.23. The molecule has 0 atom stereocenters. The standard InChI is InChI=1S/C10H20N2/c1-12(9-3-2-4-9)10-5-7-11-8-6-10/h9-11H,2-8H2,1H3. The maximum absolute atomic E-state index is 3.42. The van der Waals surface area contributed by atoms with Gasteiger partial charge in [-0.15, -0.1) is 0 Å². The van der Waals surface area contributed by atoms with E-state index in [1.807, 2.05) is 0 Å². The van der Waals surface area contributed by atoms with Gasteiger partial charge in [0.15, 0.2) is 0 Å². The number of nitrogens with one attached hydrogen (secondary N) is 1. The molecule has 2 fully saturated rings. The molecule has 2 heteroatoms. The number of nitrogens with zero attached hydrogens (tertiary/aromatic N) is 1. The molecule has 2 aliphatic rings. The third kappa shape index (κ3) is 1.64. The van der Waals surface area contributed by atoms with Crippen molar-refractivity contribution in [3.8, 4) is 0 Å². The highest BCUT2D eigenvalue weighted by atomic mass is 15.2. The van der Waals surface area contributed by atoms with E-state index in [1.54, 1.807) is 0 Å². The predicted octanol–water partition coefficient (Wildman–Crippen LogP) is 1.22. The quantitative estimate of drug-likeness (QED) is 0.667. The Hall–Kier alpha value is -0.0800. The Morgan fingerprint density at radius 1 is 1.00 bits per heavy atom. The summed E-state index contributed by atoms with van der Waals surface area (Å²) < 4.78 is 0. The van der Waals surface area contributed by atoms with Crippen molar-refractivity contribution in [2.45, 2.75) is 44.2 Å². The number of rotatable bonds is 2. The van der Waals surface area contributed by atoms with Gasteiger partial charge in [-0.25, -0.2) is 0 Å². The van der Waals surface area contributed by atoms with Gasteiger partial charge < -0.3 is 10.2 Å². The zero-order valence-electron chi connectivity index (χ0n) is 8.05. The summed E-state index contributed by atoms with van der Waals surface area (Å²) in [6.45, 7) is 2.45. The van der Waals surface area contributed by atoms with Crippen LogP contribution >= 0.6 is 0 Å². The van der Waals surface area contributed by atoms with Gasteiger partial charge in [0.2, 0.25) is 0 Å². The molecule has 0 aromatic carbocycles. The Kier molecular flexibility index (Phi) is 2.66. The van der Waals surface area contributed by atoms with E-state index < -0.39 is 0 Å². The van der Waals surface area contributed by atoms with Crippen molar-refractivity contribution >= 4 is 0 Å². The van der Waals surface area contributed by atoms with E-state index in [0.717, 1.165) is 12.1 Å². The highest BCUT2D eigenvalue weighted by molar-refractivity contribution is 4.84. The molecular weight excluding hydrogens is 148 g/mol. The van der Waals surface area contributed by atoms with E-state index in [4.69, 9.17) is 0 Å². The SMILES string of the molecule is CN(C1CCC1)C1CCNCC1. The van der Waals surface area contributed by atoms with Crippen LogP contribution in [0.1, 0.15) is 32.1 Å². The normalized spacial score (nSPS) is 27.5. The minimum atomic E-state index is 0.872. The van der Waals surface area contributed by atoms with Crippen molar-refractivity contribution in [1.82, 2.24) is 10.2 Å². The van der Waals surface area contributed by atoms with Crippen LogP contribution in [0.25, 0.3) is 0 Å². The highest BCUT2D eigenvalue weighted by Gasteiger charge is 2.27. The van der Waals surface area contributed by atoms with E-state index in [9.17, 15) is 0 Å². The molecule has 0 spiro atoms. The molecule has 1 aliphatic carbocycles. The molecule has 2 rings (SSSR count). The second-order valence-electron chi connectivity index (χ2n) is 4.23. The Balaban J connectivity index is 1.80. The topological polar surface area (TPSA) is 15.3 Å². The van der Waals surface area contributed by atoms with E-state index in [0.29, 0.717) is 0 Å². The lowest BCUT2D eigenvalue weighted by Gasteiger charge is -2.41. The van der Waals surface area contributed by atoms with Crippen molar-refractivity contribution in [1.29, 1.82) is 0 Å². The van der Waals surface area contributed by atoms with Crippen LogP contribution in [0.5, 0.6) is 0 Å². The highest BCUT2D eigenvalue weighted by Crippen LogP contribution is 2.27. The molecule has 1 aliphatic heterocycles. The summed E-state index contributed by atoms with van der Waals surface area (Å²) in [5.74, 6) is 0. The largest absolute Gasteiger partial charge is 0.317 e. The molecule has 2 nitrogen and oxygen atoms in total. The lowest BCUT2D eigenvalue weighted by molar-refractivity contribution is 0.0916. The third-order valence-corrected chi connectivity index (χ3v) is 3.54. The molecule has 70 valence electrons. The van der Waals surface area contributed by atoms with Gasteiger partial charge in [-0.2, -0.15) is 0 Å². The molecule has 0 radical (unpaired) electrons. The van der Waals surface area contributed by atoms with E-state index in [1.165, 1.54) is 45.2 Å². The zero-order chi connectivity index (χ0) is 8.39. The second kappa shape index (κ2) is 3.75. The third-order valence-electron chi connectivity index (χ3n) is 3.54. The monoisotopic (exact) mass is 168 g/mol. The van der Waals surface area contributed by atoms with Crippen LogP contribution in [0.3, 0.4) is 0 Å². The minimum absolute atomic E-state index is 0.872. The summed E-state index contributed by atoms with van der Waals surface area (Å²) in [5.41, 5.74) is 0. The zero-order valence-corrected chi connectivity index (χ0v) is 8.05. The van der Waals surface area contributed by atoms with Gasteiger partial charge in [-0.1, -0.05) is 6.42 Å². The van der Waals surface area contributed by atoms with Gasteiger partial charge in [0.1, 0.15) is 0 Å². The first-order valence-electron chi connectivity index (χ1n) is 5.30. The Labute approximate surface area is 75.3 Å². The van der Waals surface area contributed by atoms with Gasteiger partial charge in [0.05, 0.1) is 0 Å². The summed E-state index contributed by atoms with van der Waals surface area (Å²) in [6.07, 6.45) is 7.06. The molecule has 1 saturated heterocycles. The molecular formula is C10H20N2. The van der Waals surface area contributed by atoms with E-state index >= 15 is 0 Å². The van der Waals surface area contributed by atoms with Gasteiger partial charge in [-0.3, -0.25) is 0 Å². The molecule has 0 bridgehead atoms. The first-order chi connectivity index (χ1) is 5.88. The molecule has 1 saturated carbocycles. The van der Waals surface area contributed by atoms with Crippen LogP contribution in [-0.4, -0.2) is 37.1 Å². The van der Waals surface area contributed by atoms with Crippen molar-refractivity contribution in [3.63, 3.8) is 0 Å². The van der Waals surface area contributed by atoms with Crippen LogP contribution in [0.2, 0.25) is 0 Å². The molecule has 1 N–H and O–H groups in total. The number of piperidine rings is 1. The molecule has 0 unspecified atom stereocenters. The van der Waals surface area contributed by atoms with Gasteiger partial charge in [0.25, 0.3) is 0 Å². The average molecular weight is 168 g/mol. The lowest BCUT2D eigenvalue weighted by Crippen LogP contribution is -2.48. The summed E-state index contributed by atoms with van der Waals surface area (Å²) >= 11 is 0. The summed E-state index contributed by atoms with van der Waals surface area (Å²) in [4.78, 5) is 2.63. The van der Waals surface area contributed by atoms with Crippen LogP contribution in [-0.2, 0) is 0 Å². The Bertz CT molecular complexity index is 137. The van der Waals surface area contributed by atoms with E-state index in [2.05, 4.69) is 17.3 Å². The fourth-order valence-corrected chi connectivity index (χ4v) is 2.31. The number of hydrogen-bond donors (Lipinski definition) is 1. The van der Waals surface area contributed by atoms with Gasteiger partial charge in [-0.05, 0) is 45.8 Å². The van der Waals surface area contributed by atoms with Crippen molar-refractivity contribution in [3.05, 3.63) is 0 Å². The van der Waals surface area contributed by atoms with Crippen LogP contribution in [0.15, 0.2) is 0 Å². The van der Waals surface area contributed by atoms with Crippen molar-refractivity contribution in [2.75, 3.05) is 20.1 Å². The van der Waals surface area contributed by atoms with Gasteiger partial charge >= 0.3 is 0 Å². The first-order valence-corrected chi connectivity index (χ1v) is 5.30. The molecule has 0 amide bonds. The van der Waals surface area contributed by atoms with Crippen LogP contribution in [0, 0.1) is 0 Å². The fraction of sp³-hybridized carbons (Fsp3) is 1.00. The maximum Gasteiger partial charge on any atom is 0.0119 e. The van der Waals surface area contributed by atoms with E-state index in [-0.39, 0.29) is 0 Å². The molecule has 0 aromatic rings. The van der Waals surface area contributed by atoms with Crippen molar-refractivity contribution < 1.29 is 0 Å². The number of hydrogen-bond acceptors (Lipinski definition) is 2. The average Bonchev–Trinajstić information content (AvgIpc) is 2.03. The Morgan fingerprint density at radius 3 is 2.08 bits per heavy atom. The Morgan fingerprint density at radius 2 is 1.58 bits per heavy atom. The molecule has 12 heavy (non-hydrogen) atoms. The molecule has 1 heterocycles. The van der Waals surface area contributed by atoms with Gasteiger partial charge in [0, 0.05) is 12.1 Å².